The Morgan fingerprint density at radius 1 is 1.42 bits per heavy atom. The number of nitrogens with zero attached hydrogens (tertiary/aromatic N) is 1. The van der Waals surface area contributed by atoms with Crippen molar-refractivity contribution in [2.75, 3.05) is 0 Å². The van der Waals surface area contributed by atoms with Crippen LogP contribution in [-0.2, 0) is 0 Å². The van der Waals surface area contributed by atoms with Gasteiger partial charge in [0, 0.05) is 17.5 Å². The van der Waals surface area contributed by atoms with Gasteiger partial charge in [-0.3, -0.25) is 4.99 Å². The van der Waals surface area contributed by atoms with Crippen LogP contribution in [0.4, 0.5) is 0 Å². The SMILES string of the molecule is CC1=C\C(N)C\C=C(C)/C(C)=N/1. The van der Waals surface area contributed by atoms with Crippen LogP contribution >= 0.6 is 0 Å². The van der Waals surface area contributed by atoms with Crippen LogP contribution in [0.5, 0.6) is 0 Å². The summed E-state index contributed by atoms with van der Waals surface area (Å²) in [6.07, 6.45) is 5.06. The van der Waals surface area contributed by atoms with Gasteiger partial charge in [0.25, 0.3) is 0 Å². The second kappa shape index (κ2) is 3.68. The van der Waals surface area contributed by atoms with Crippen molar-refractivity contribution < 1.29 is 0 Å². The Bertz CT molecular complexity index is 259. The summed E-state index contributed by atoms with van der Waals surface area (Å²) < 4.78 is 0. The van der Waals surface area contributed by atoms with Gasteiger partial charge in [-0.1, -0.05) is 6.08 Å². The first-order valence-corrected chi connectivity index (χ1v) is 4.26. The second-order valence-electron chi connectivity index (χ2n) is 3.29. The summed E-state index contributed by atoms with van der Waals surface area (Å²) in [6.45, 7) is 6.09. The molecule has 2 nitrogen and oxygen atoms in total. The molecule has 0 fully saturated rings. The summed E-state index contributed by atoms with van der Waals surface area (Å²) in [4.78, 5) is 4.40. The number of rotatable bonds is 0. The van der Waals surface area contributed by atoms with E-state index in [1.54, 1.807) is 0 Å². The lowest BCUT2D eigenvalue weighted by atomic mass is 10.1. The zero-order chi connectivity index (χ0) is 9.14. The average molecular weight is 164 g/mol. The van der Waals surface area contributed by atoms with Gasteiger partial charge in [0.1, 0.15) is 0 Å². The van der Waals surface area contributed by atoms with Crippen molar-refractivity contribution in [2.45, 2.75) is 33.2 Å². The van der Waals surface area contributed by atoms with E-state index in [1.807, 2.05) is 19.9 Å². The second-order valence-corrected chi connectivity index (χ2v) is 3.29. The van der Waals surface area contributed by atoms with Crippen LogP contribution < -0.4 is 5.73 Å². The van der Waals surface area contributed by atoms with Crippen LogP contribution in [0, 0.1) is 0 Å². The van der Waals surface area contributed by atoms with E-state index in [0.29, 0.717) is 0 Å². The number of hydrogen-bond donors (Lipinski definition) is 1. The lowest BCUT2D eigenvalue weighted by molar-refractivity contribution is 0.819. The largest absolute Gasteiger partial charge is 0.324 e. The molecule has 1 aliphatic heterocycles. The predicted octanol–water partition coefficient (Wildman–Crippen LogP) is 2.03. The van der Waals surface area contributed by atoms with Gasteiger partial charge >= 0.3 is 0 Å². The summed E-state index contributed by atoms with van der Waals surface area (Å²) in [6, 6.07) is 0.122. The molecule has 0 aliphatic carbocycles. The maximum Gasteiger partial charge on any atom is 0.0401 e. The lowest BCUT2D eigenvalue weighted by Gasteiger charge is -2.10. The minimum absolute atomic E-state index is 0.122. The Kier molecular flexibility index (Phi) is 2.82. The summed E-state index contributed by atoms with van der Waals surface area (Å²) in [5.41, 5.74) is 9.16. The Balaban J connectivity index is 2.97. The molecule has 0 spiro atoms. The molecule has 0 aromatic heterocycles. The average Bonchev–Trinajstić information content (AvgIpc) is 1.98. The minimum Gasteiger partial charge on any atom is -0.324 e. The molecular weight excluding hydrogens is 148 g/mol. The van der Waals surface area contributed by atoms with E-state index in [9.17, 15) is 0 Å². The number of allylic oxidation sites excluding steroid dienone is 2. The summed E-state index contributed by atoms with van der Waals surface area (Å²) >= 11 is 0. The molecule has 1 rings (SSSR count). The Hall–Kier alpha value is -0.890. The quantitative estimate of drug-likeness (QED) is 0.584. The van der Waals surface area contributed by atoms with E-state index in [2.05, 4.69) is 18.0 Å². The first-order chi connectivity index (χ1) is 5.59. The van der Waals surface area contributed by atoms with Gasteiger partial charge in [-0.15, -0.1) is 0 Å². The van der Waals surface area contributed by atoms with E-state index in [-0.39, 0.29) is 6.04 Å². The molecule has 1 aliphatic rings. The maximum absolute atomic E-state index is 5.81. The van der Waals surface area contributed by atoms with Crippen molar-refractivity contribution >= 4 is 5.71 Å². The van der Waals surface area contributed by atoms with Crippen LogP contribution in [0.2, 0.25) is 0 Å². The normalized spacial score (nSPS) is 38.0. The molecule has 1 heterocycles. The van der Waals surface area contributed by atoms with Crippen molar-refractivity contribution in [3.8, 4) is 0 Å². The molecule has 0 saturated carbocycles. The van der Waals surface area contributed by atoms with Gasteiger partial charge in [0.05, 0.1) is 0 Å². The first-order valence-electron chi connectivity index (χ1n) is 4.26. The highest BCUT2D eigenvalue weighted by atomic mass is 14.8. The fourth-order valence-electron chi connectivity index (χ4n) is 1.23. The molecule has 0 aromatic carbocycles. The van der Waals surface area contributed by atoms with E-state index >= 15 is 0 Å². The van der Waals surface area contributed by atoms with Crippen molar-refractivity contribution in [3.05, 3.63) is 23.4 Å². The third-order valence-electron chi connectivity index (χ3n) is 2.07. The van der Waals surface area contributed by atoms with Crippen LogP contribution in [0.15, 0.2) is 28.4 Å². The van der Waals surface area contributed by atoms with E-state index in [4.69, 9.17) is 5.73 Å². The Morgan fingerprint density at radius 3 is 2.75 bits per heavy atom. The summed E-state index contributed by atoms with van der Waals surface area (Å²) in [5.74, 6) is 0. The smallest absolute Gasteiger partial charge is 0.0401 e. The van der Waals surface area contributed by atoms with Gasteiger partial charge in [0.15, 0.2) is 0 Å². The summed E-state index contributed by atoms with van der Waals surface area (Å²) in [5, 5.41) is 0. The van der Waals surface area contributed by atoms with E-state index in [1.165, 1.54) is 5.57 Å². The van der Waals surface area contributed by atoms with E-state index in [0.717, 1.165) is 17.8 Å². The number of aliphatic imine (C=N–C) groups is 1. The van der Waals surface area contributed by atoms with Crippen LogP contribution in [0.25, 0.3) is 0 Å². The highest BCUT2D eigenvalue weighted by Crippen LogP contribution is 2.10. The van der Waals surface area contributed by atoms with Crippen LogP contribution in [0.1, 0.15) is 27.2 Å². The molecule has 0 saturated heterocycles. The molecule has 0 amide bonds. The predicted molar refractivity (Wildman–Crippen MR) is 53.2 cm³/mol. The Morgan fingerprint density at radius 2 is 2.08 bits per heavy atom. The minimum atomic E-state index is 0.122. The van der Waals surface area contributed by atoms with E-state index < -0.39 is 0 Å². The summed E-state index contributed by atoms with van der Waals surface area (Å²) in [7, 11) is 0. The monoisotopic (exact) mass is 164 g/mol. The zero-order valence-corrected chi connectivity index (χ0v) is 7.96. The van der Waals surface area contributed by atoms with Crippen LogP contribution in [0.3, 0.4) is 0 Å². The molecule has 2 heteroatoms. The molecule has 66 valence electrons. The zero-order valence-electron chi connectivity index (χ0n) is 7.96. The molecule has 1 atom stereocenters. The van der Waals surface area contributed by atoms with Crippen LogP contribution in [-0.4, -0.2) is 11.8 Å². The molecule has 0 bridgehead atoms. The molecule has 1 unspecified atom stereocenters. The fourth-order valence-corrected chi connectivity index (χ4v) is 1.23. The maximum atomic E-state index is 5.81. The van der Waals surface area contributed by atoms with Crippen molar-refractivity contribution in [2.24, 2.45) is 10.7 Å². The third-order valence-corrected chi connectivity index (χ3v) is 2.07. The highest BCUT2D eigenvalue weighted by molar-refractivity contribution is 5.98. The molecular formula is C10H16N2. The fraction of sp³-hybridized carbons (Fsp3) is 0.500. The highest BCUT2D eigenvalue weighted by Gasteiger charge is 2.03. The van der Waals surface area contributed by atoms with Gasteiger partial charge < -0.3 is 5.73 Å². The molecule has 12 heavy (non-hydrogen) atoms. The molecule has 0 radical (unpaired) electrons. The van der Waals surface area contributed by atoms with Gasteiger partial charge in [-0.25, -0.2) is 0 Å². The van der Waals surface area contributed by atoms with Crippen molar-refractivity contribution in [1.82, 2.24) is 0 Å². The van der Waals surface area contributed by atoms with Crippen molar-refractivity contribution in [3.63, 3.8) is 0 Å². The lowest BCUT2D eigenvalue weighted by Crippen LogP contribution is -2.17. The van der Waals surface area contributed by atoms with Gasteiger partial charge in [0.2, 0.25) is 0 Å². The topological polar surface area (TPSA) is 38.4 Å². The first kappa shape index (κ1) is 9.20. The standard InChI is InChI=1S/C10H16N2/c1-7-4-5-10(11)6-8(2)12-9(7)3/h4,6,10H,5,11H2,1-3H3/b7-4-,8-6-,12-9+. The van der Waals surface area contributed by atoms with Gasteiger partial charge in [-0.05, 0) is 38.8 Å². The third kappa shape index (κ3) is 2.31. The number of nitrogens with two attached hydrogens (primary N) is 1. The number of hydrogen-bond acceptors (Lipinski definition) is 2. The van der Waals surface area contributed by atoms with Crippen molar-refractivity contribution in [1.29, 1.82) is 0 Å². The molecule has 0 aromatic rings. The molecule has 2 N–H and O–H groups in total. The Labute approximate surface area is 73.9 Å². The van der Waals surface area contributed by atoms with Gasteiger partial charge in [-0.2, -0.15) is 0 Å².